The van der Waals surface area contributed by atoms with Gasteiger partial charge >= 0.3 is 18.9 Å². The Morgan fingerprint density at radius 3 is 1.44 bits per heavy atom. The van der Waals surface area contributed by atoms with E-state index in [-0.39, 0.29) is 34.2 Å². The standard InChI is InChI=1S/C13H11OSi.Li/c14-15-13(11-7-3-1-4-8-11)12-9-5-2-6-10-12;/h1-10,13H;/q-1;+1. The van der Waals surface area contributed by atoms with Crippen LogP contribution in [0.5, 0.6) is 0 Å². The van der Waals surface area contributed by atoms with Gasteiger partial charge in [0, 0.05) is 0 Å². The van der Waals surface area contributed by atoms with Gasteiger partial charge in [-0.05, 0) is 16.7 Å². The van der Waals surface area contributed by atoms with Gasteiger partial charge in [-0.15, -0.1) is 0 Å². The minimum atomic E-state index is -0.346. The van der Waals surface area contributed by atoms with Gasteiger partial charge in [0.05, 0.1) is 0 Å². The van der Waals surface area contributed by atoms with E-state index in [1.807, 2.05) is 60.7 Å². The molecule has 74 valence electrons. The van der Waals surface area contributed by atoms with Crippen molar-refractivity contribution in [1.82, 2.24) is 0 Å². The average Bonchev–Trinajstić information content (AvgIpc) is 2.33. The molecule has 0 amide bonds. The summed E-state index contributed by atoms with van der Waals surface area (Å²) in [4.78, 5) is 11.3. The van der Waals surface area contributed by atoms with Crippen LogP contribution in [-0.2, 0) is 0 Å². The first-order valence-electron chi connectivity index (χ1n) is 4.89. The molecule has 0 bridgehead atoms. The first-order chi connectivity index (χ1) is 7.42. The minimum Gasteiger partial charge on any atom is -0.863 e. The van der Waals surface area contributed by atoms with E-state index in [4.69, 9.17) is 0 Å². The molecule has 0 heterocycles. The summed E-state index contributed by atoms with van der Waals surface area (Å²) in [7, 11) is -0.346. The summed E-state index contributed by atoms with van der Waals surface area (Å²) in [6.07, 6.45) is 0. The van der Waals surface area contributed by atoms with Gasteiger partial charge in [-0.1, -0.05) is 70.4 Å². The molecule has 0 aliphatic heterocycles. The van der Waals surface area contributed by atoms with Crippen LogP contribution in [0.4, 0.5) is 0 Å². The fourth-order valence-corrected chi connectivity index (χ4v) is 2.28. The maximum Gasteiger partial charge on any atom is 1.00 e. The summed E-state index contributed by atoms with van der Waals surface area (Å²) >= 11 is 0. The molecule has 2 radical (unpaired) electrons. The first kappa shape index (κ1) is 13.3. The Morgan fingerprint density at radius 2 is 1.12 bits per heavy atom. The number of hydrogen-bond donors (Lipinski definition) is 0. The van der Waals surface area contributed by atoms with E-state index in [1.165, 1.54) is 0 Å². The molecule has 0 saturated heterocycles. The fraction of sp³-hybridized carbons (Fsp3) is 0.0769. The van der Waals surface area contributed by atoms with Crippen molar-refractivity contribution in [3.05, 3.63) is 71.8 Å². The molecule has 0 atom stereocenters. The van der Waals surface area contributed by atoms with Crippen molar-refractivity contribution >= 4 is 9.76 Å². The SMILES string of the molecule is [Li+].[O-][Si]C(c1ccccc1)c1ccccc1. The second-order valence-corrected chi connectivity index (χ2v) is 4.19. The van der Waals surface area contributed by atoms with Gasteiger partial charge in [0.15, 0.2) is 0 Å². The van der Waals surface area contributed by atoms with Gasteiger partial charge in [-0.2, -0.15) is 0 Å². The van der Waals surface area contributed by atoms with Gasteiger partial charge in [-0.25, -0.2) is 0 Å². The van der Waals surface area contributed by atoms with E-state index in [2.05, 4.69) is 0 Å². The predicted molar refractivity (Wildman–Crippen MR) is 60.5 cm³/mol. The monoisotopic (exact) mass is 218 g/mol. The van der Waals surface area contributed by atoms with E-state index >= 15 is 0 Å². The Balaban J connectivity index is 0.00000128. The predicted octanol–water partition coefficient (Wildman–Crippen LogP) is -1.24. The van der Waals surface area contributed by atoms with E-state index in [0.29, 0.717) is 0 Å². The maximum absolute atomic E-state index is 11.3. The summed E-state index contributed by atoms with van der Waals surface area (Å²) in [5.74, 6) is 0. The van der Waals surface area contributed by atoms with Crippen LogP contribution in [0, 0.1) is 0 Å². The summed E-state index contributed by atoms with van der Waals surface area (Å²) in [5, 5.41) is 0. The molecule has 1 nitrogen and oxygen atoms in total. The van der Waals surface area contributed by atoms with Crippen LogP contribution in [0.15, 0.2) is 60.7 Å². The van der Waals surface area contributed by atoms with Gasteiger partial charge in [0.25, 0.3) is 0 Å². The van der Waals surface area contributed by atoms with E-state index < -0.39 is 0 Å². The van der Waals surface area contributed by atoms with Crippen molar-refractivity contribution in [2.24, 2.45) is 0 Å². The van der Waals surface area contributed by atoms with Crippen LogP contribution in [0.25, 0.3) is 0 Å². The Hall–Kier alpha value is -0.786. The molecule has 0 aliphatic rings. The molecule has 0 spiro atoms. The zero-order chi connectivity index (χ0) is 10.5. The Kier molecular flexibility index (Phi) is 5.58. The van der Waals surface area contributed by atoms with Gasteiger partial charge in [-0.3, -0.25) is 0 Å². The zero-order valence-corrected chi connectivity index (χ0v) is 10.3. The molecular weight excluding hydrogens is 207 g/mol. The zero-order valence-electron chi connectivity index (χ0n) is 9.26. The van der Waals surface area contributed by atoms with Crippen molar-refractivity contribution in [2.45, 2.75) is 5.54 Å². The van der Waals surface area contributed by atoms with Crippen molar-refractivity contribution < 1.29 is 23.7 Å². The quantitative estimate of drug-likeness (QED) is 0.591. The summed E-state index contributed by atoms with van der Waals surface area (Å²) in [5.41, 5.74) is 2.22. The molecule has 3 heteroatoms. The number of rotatable bonds is 3. The van der Waals surface area contributed by atoms with Crippen molar-refractivity contribution in [3.8, 4) is 0 Å². The van der Waals surface area contributed by atoms with Gasteiger partial charge < -0.3 is 4.80 Å². The molecule has 0 aliphatic carbocycles. The van der Waals surface area contributed by atoms with Gasteiger partial charge in [0.1, 0.15) is 0 Å². The molecule has 2 rings (SSSR count). The first-order valence-corrected chi connectivity index (χ1v) is 5.88. The van der Waals surface area contributed by atoms with E-state index in [0.717, 1.165) is 11.1 Å². The van der Waals surface area contributed by atoms with Gasteiger partial charge in [0.2, 0.25) is 0 Å². The number of benzene rings is 2. The molecule has 16 heavy (non-hydrogen) atoms. The Bertz CT molecular complexity index is 365. The van der Waals surface area contributed by atoms with Crippen molar-refractivity contribution in [1.29, 1.82) is 0 Å². The minimum absolute atomic E-state index is 0. The topological polar surface area (TPSA) is 23.1 Å². The summed E-state index contributed by atoms with van der Waals surface area (Å²) in [6.45, 7) is 0. The maximum atomic E-state index is 11.3. The third kappa shape index (κ3) is 3.10. The molecule has 2 aromatic rings. The van der Waals surface area contributed by atoms with E-state index in [1.54, 1.807) is 0 Å². The van der Waals surface area contributed by atoms with Crippen LogP contribution in [-0.4, -0.2) is 9.76 Å². The third-order valence-corrected chi connectivity index (χ3v) is 3.29. The molecule has 0 fully saturated rings. The van der Waals surface area contributed by atoms with Crippen molar-refractivity contribution in [2.75, 3.05) is 0 Å². The summed E-state index contributed by atoms with van der Waals surface area (Å²) in [6, 6.07) is 19.9. The fourth-order valence-electron chi connectivity index (χ4n) is 1.62. The Labute approximate surface area is 111 Å². The number of hydrogen-bond acceptors (Lipinski definition) is 1. The van der Waals surface area contributed by atoms with Crippen LogP contribution in [0.1, 0.15) is 16.7 Å². The van der Waals surface area contributed by atoms with Crippen molar-refractivity contribution in [3.63, 3.8) is 0 Å². The molecule has 2 aromatic carbocycles. The average molecular weight is 218 g/mol. The second kappa shape index (κ2) is 6.72. The molecule has 0 N–H and O–H groups in total. The molecule has 0 saturated carbocycles. The van der Waals surface area contributed by atoms with E-state index in [9.17, 15) is 4.80 Å². The van der Waals surface area contributed by atoms with Crippen LogP contribution < -0.4 is 23.7 Å². The smallest absolute Gasteiger partial charge is 0.863 e. The third-order valence-electron chi connectivity index (χ3n) is 2.38. The largest absolute Gasteiger partial charge is 1.00 e. The summed E-state index contributed by atoms with van der Waals surface area (Å²) < 4.78 is 0. The normalized spacial score (nSPS) is 9.88. The Morgan fingerprint density at radius 1 is 0.750 bits per heavy atom. The van der Waals surface area contributed by atoms with Crippen LogP contribution >= 0.6 is 0 Å². The second-order valence-electron chi connectivity index (χ2n) is 3.37. The molecule has 0 aromatic heterocycles. The molecule has 0 unspecified atom stereocenters. The van der Waals surface area contributed by atoms with Crippen LogP contribution in [0.3, 0.4) is 0 Å². The van der Waals surface area contributed by atoms with Crippen LogP contribution in [0.2, 0.25) is 0 Å². The molecular formula is C13H11LiOSi.